The van der Waals surface area contributed by atoms with Crippen LogP contribution < -0.4 is 0 Å². The van der Waals surface area contributed by atoms with E-state index in [4.69, 9.17) is 0 Å². The molecule has 0 aliphatic rings. The van der Waals surface area contributed by atoms with Gasteiger partial charge in [-0.05, 0) is 36.1 Å². The summed E-state index contributed by atoms with van der Waals surface area (Å²) in [6.07, 6.45) is 2.50. The fourth-order valence-electron chi connectivity index (χ4n) is 1.00. The summed E-state index contributed by atoms with van der Waals surface area (Å²) in [5.41, 5.74) is 0.432. The van der Waals surface area contributed by atoms with E-state index in [-0.39, 0.29) is 0 Å². The number of hydrogen-bond donors (Lipinski definition) is 0. The van der Waals surface area contributed by atoms with E-state index in [0.717, 1.165) is 11.8 Å². The zero-order chi connectivity index (χ0) is 9.84. The van der Waals surface area contributed by atoms with Crippen molar-refractivity contribution < 1.29 is 8.78 Å². The van der Waals surface area contributed by atoms with Gasteiger partial charge in [0, 0.05) is 4.47 Å². The summed E-state index contributed by atoms with van der Waals surface area (Å²) >= 11 is 4.74. The quantitative estimate of drug-likeness (QED) is 0.753. The average molecular weight is 267 g/mol. The molecule has 0 saturated carbocycles. The molecule has 0 aromatic heterocycles. The van der Waals surface area contributed by atoms with E-state index < -0.39 is 11.6 Å². The maximum atomic E-state index is 13.1. The minimum Gasteiger partial charge on any atom is -0.204 e. The molecule has 0 radical (unpaired) electrons. The Labute approximate surface area is 88.8 Å². The summed E-state index contributed by atoms with van der Waals surface area (Å²) in [5, 5.41) is 0. The molecular formula is C9H9BrF2S. The Morgan fingerprint density at radius 2 is 2.08 bits per heavy atom. The van der Waals surface area contributed by atoms with Crippen LogP contribution in [0.2, 0.25) is 0 Å². The molecule has 72 valence electrons. The first kappa shape index (κ1) is 11.0. The molecule has 1 rings (SSSR count). The highest BCUT2D eigenvalue weighted by Gasteiger charge is 2.08. The first-order valence-electron chi connectivity index (χ1n) is 3.77. The van der Waals surface area contributed by atoms with Crippen LogP contribution in [-0.2, 0) is 6.42 Å². The maximum Gasteiger partial charge on any atom is 0.162 e. The minimum absolute atomic E-state index is 0.432. The van der Waals surface area contributed by atoms with Crippen molar-refractivity contribution in [3.05, 3.63) is 33.8 Å². The summed E-state index contributed by atoms with van der Waals surface area (Å²) in [6.45, 7) is 0. The van der Waals surface area contributed by atoms with Gasteiger partial charge in [-0.25, -0.2) is 8.78 Å². The lowest BCUT2D eigenvalue weighted by atomic mass is 10.1. The highest BCUT2D eigenvalue weighted by Crippen LogP contribution is 2.20. The molecule has 0 aliphatic heterocycles. The third-order valence-electron chi connectivity index (χ3n) is 1.64. The van der Waals surface area contributed by atoms with Gasteiger partial charge in [0.05, 0.1) is 0 Å². The summed E-state index contributed by atoms with van der Waals surface area (Å²) in [4.78, 5) is 0. The second kappa shape index (κ2) is 4.96. The van der Waals surface area contributed by atoms with Crippen LogP contribution >= 0.6 is 27.7 Å². The Morgan fingerprint density at radius 3 is 2.69 bits per heavy atom. The van der Waals surface area contributed by atoms with Crippen LogP contribution in [0.25, 0.3) is 0 Å². The molecule has 0 fully saturated rings. The van der Waals surface area contributed by atoms with E-state index >= 15 is 0 Å². The zero-order valence-electron chi connectivity index (χ0n) is 7.11. The van der Waals surface area contributed by atoms with Crippen LogP contribution in [0, 0.1) is 11.6 Å². The van der Waals surface area contributed by atoms with Crippen molar-refractivity contribution in [3.63, 3.8) is 0 Å². The van der Waals surface area contributed by atoms with Gasteiger partial charge in [0.2, 0.25) is 0 Å². The second-order valence-electron chi connectivity index (χ2n) is 2.60. The van der Waals surface area contributed by atoms with Gasteiger partial charge in [-0.2, -0.15) is 11.8 Å². The molecule has 0 spiro atoms. The smallest absolute Gasteiger partial charge is 0.162 e. The first-order valence-corrected chi connectivity index (χ1v) is 5.96. The number of rotatable bonds is 3. The van der Waals surface area contributed by atoms with Crippen LogP contribution in [0.15, 0.2) is 16.6 Å². The van der Waals surface area contributed by atoms with Crippen molar-refractivity contribution in [3.8, 4) is 0 Å². The molecular weight excluding hydrogens is 258 g/mol. The predicted octanol–water partition coefficient (Wildman–Crippen LogP) is 3.63. The molecule has 0 heterocycles. The number of halogens is 3. The third kappa shape index (κ3) is 2.95. The summed E-state index contributed by atoms with van der Waals surface area (Å²) in [7, 11) is 0. The lowest BCUT2D eigenvalue weighted by Gasteiger charge is -2.03. The fourth-order valence-corrected chi connectivity index (χ4v) is 1.90. The summed E-state index contributed by atoms with van der Waals surface area (Å²) < 4.78 is 26.5. The van der Waals surface area contributed by atoms with Gasteiger partial charge in [0.15, 0.2) is 11.6 Å². The molecule has 0 N–H and O–H groups in total. The number of benzene rings is 1. The summed E-state index contributed by atoms with van der Waals surface area (Å²) in [5.74, 6) is -0.713. The maximum absolute atomic E-state index is 13.1. The van der Waals surface area contributed by atoms with Gasteiger partial charge in [0.25, 0.3) is 0 Å². The molecule has 0 saturated heterocycles. The van der Waals surface area contributed by atoms with Gasteiger partial charge >= 0.3 is 0 Å². The normalized spacial score (nSPS) is 10.5. The Hall–Kier alpha value is -0.0900. The minimum atomic E-state index is -0.787. The van der Waals surface area contributed by atoms with Crippen LogP contribution in [-0.4, -0.2) is 12.0 Å². The summed E-state index contributed by atoms with van der Waals surface area (Å²) in [6, 6.07) is 2.76. The van der Waals surface area contributed by atoms with Gasteiger partial charge in [-0.15, -0.1) is 0 Å². The SMILES string of the molecule is CSCCc1cc(Br)cc(F)c1F. The first-order chi connectivity index (χ1) is 6.15. The molecule has 1 aromatic rings. The van der Waals surface area contributed by atoms with E-state index in [1.54, 1.807) is 17.8 Å². The van der Waals surface area contributed by atoms with Crippen LogP contribution in [0.5, 0.6) is 0 Å². The van der Waals surface area contributed by atoms with Crippen molar-refractivity contribution in [2.24, 2.45) is 0 Å². The number of hydrogen-bond acceptors (Lipinski definition) is 1. The van der Waals surface area contributed by atoms with Crippen molar-refractivity contribution in [1.82, 2.24) is 0 Å². The highest BCUT2D eigenvalue weighted by atomic mass is 79.9. The van der Waals surface area contributed by atoms with E-state index in [1.165, 1.54) is 0 Å². The molecule has 13 heavy (non-hydrogen) atoms. The molecule has 0 atom stereocenters. The monoisotopic (exact) mass is 266 g/mol. The number of aryl methyl sites for hydroxylation is 1. The topological polar surface area (TPSA) is 0 Å². The molecule has 0 bridgehead atoms. The van der Waals surface area contributed by atoms with Crippen LogP contribution in [0.3, 0.4) is 0 Å². The van der Waals surface area contributed by atoms with Gasteiger partial charge in [0.1, 0.15) is 0 Å². The second-order valence-corrected chi connectivity index (χ2v) is 4.50. The van der Waals surface area contributed by atoms with Crippen LogP contribution in [0.4, 0.5) is 8.78 Å². The van der Waals surface area contributed by atoms with E-state index in [9.17, 15) is 8.78 Å². The predicted molar refractivity (Wildman–Crippen MR) is 56.1 cm³/mol. The molecule has 0 aliphatic carbocycles. The van der Waals surface area contributed by atoms with Crippen molar-refractivity contribution in [2.75, 3.05) is 12.0 Å². The average Bonchev–Trinajstić information content (AvgIpc) is 2.09. The lowest BCUT2D eigenvalue weighted by Crippen LogP contribution is -1.96. The van der Waals surface area contributed by atoms with Crippen molar-refractivity contribution in [1.29, 1.82) is 0 Å². The Bertz CT molecular complexity index is 302. The molecule has 4 heteroatoms. The molecule has 0 unspecified atom stereocenters. The third-order valence-corrected chi connectivity index (χ3v) is 2.71. The van der Waals surface area contributed by atoms with Crippen LogP contribution in [0.1, 0.15) is 5.56 Å². The van der Waals surface area contributed by atoms with Gasteiger partial charge in [-0.1, -0.05) is 15.9 Å². The van der Waals surface area contributed by atoms with E-state index in [1.807, 2.05) is 6.26 Å². The zero-order valence-corrected chi connectivity index (χ0v) is 9.51. The highest BCUT2D eigenvalue weighted by molar-refractivity contribution is 9.10. The molecule has 1 aromatic carbocycles. The van der Waals surface area contributed by atoms with E-state index in [0.29, 0.717) is 16.5 Å². The Morgan fingerprint density at radius 1 is 1.38 bits per heavy atom. The van der Waals surface area contributed by atoms with E-state index in [2.05, 4.69) is 15.9 Å². The Balaban J connectivity index is 2.92. The van der Waals surface area contributed by atoms with Gasteiger partial charge in [-0.3, -0.25) is 0 Å². The van der Waals surface area contributed by atoms with Crippen molar-refractivity contribution >= 4 is 27.7 Å². The number of thioether (sulfide) groups is 1. The molecule has 0 amide bonds. The Kier molecular flexibility index (Phi) is 4.19. The van der Waals surface area contributed by atoms with Crippen molar-refractivity contribution in [2.45, 2.75) is 6.42 Å². The van der Waals surface area contributed by atoms with Gasteiger partial charge < -0.3 is 0 Å². The standard InChI is InChI=1S/C9H9BrF2S/c1-13-3-2-6-4-7(10)5-8(11)9(6)12/h4-5H,2-3H2,1H3. The lowest BCUT2D eigenvalue weighted by molar-refractivity contribution is 0.499. The fraction of sp³-hybridized carbons (Fsp3) is 0.333. The molecule has 0 nitrogen and oxygen atoms in total. The largest absolute Gasteiger partial charge is 0.204 e.